The monoisotopic (exact) mass is 344 g/mol. The maximum atomic E-state index is 12.4. The zero-order chi connectivity index (χ0) is 17.1. The minimum Gasteiger partial charge on any atom is -0.496 e. The zero-order valence-corrected chi connectivity index (χ0v) is 14.1. The number of rotatable bonds is 4. The number of oxime groups is 1. The number of nitrogens with zero attached hydrogens (tertiary/aromatic N) is 1. The molecule has 1 aliphatic heterocycles. The van der Waals surface area contributed by atoms with Gasteiger partial charge in [-0.25, -0.2) is 0 Å². The first kappa shape index (κ1) is 16.3. The number of benzene rings is 2. The molecule has 1 aliphatic rings. The first-order chi connectivity index (χ1) is 11.6. The number of hydrogen-bond donors (Lipinski definition) is 1. The van der Waals surface area contributed by atoms with Crippen LogP contribution >= 0.6 is 11.6 Å². The number of carbonyl (C=O) groups excluding carboxylic acids is 1. The molecule has 0 aliphatic carbocycles. The molecule has 0 bridgehead atoms. The molecule has 0 fully saturated rings. The minimum atomic E-state index is -0.678. The molecular formula is C18H17ClN2O3. The predicted octanol–water partition coefficient (Wildman–Crippen LogP) is 3.79. The molecule has 0 aromatic heterocycles. The van der Waals surface area contributed by atoms with Gasteiger partial charge in [-0.2, -0.15) is 0 Å². The van der Waals surface area contributed by atoms with Crippen LogP contribution in [0.3, 0.4) is 0 Å². The van der Waals surface area contributed by atoms with Crippen molar-refractivity contribution in [1.29, 1.82) is 0 Å². The number of nitrogens with one attached hydrogen (secondary N) is 1. The van der Waals surface area contributed by atoms with Crippen LogP contribution in [0.25, 0.3) is 0 Å². The second-order valence-electron chi connectivity index (χ2n) is 5.48. The highest BCUT2D eigenvalue weighted by Gasteiger charge is 2.30. The summed E-state index contributed by atoms with van der Waals surface area (Å²) in [6.45, 7) is 1.90. The molecule has 0 saturated carbocycles. The molecule has 1 heterocycles. The van der Waals surface area contributed by atoms with Crippen LogP contribution < -0.4 is 10.1 Å². The number of carbonyl (C=O) groups is 1. The fourth-order valence-electron chi connectivity index (χ4n) is 2.50. The molecule has 1 atom stereocenters. The van der Waals surface area contributed by atoms with Crippen LogP contribution in [0.5, 0.6) is 5.75 Å². The zero-order valence-electron chi connectivity index (χ0n) is 13.4. The van der Waals surface area contributed by atoms with Gasteiger partial charge >= 0.3 is 0 Å². The van der Waals surface area contributed by atoms with Gasteiger partial charge in [0.2, 0.25) is 6.10 Å². The van der Waals surface area contributed by atoms with E-state index in [1.165, 1.54) is 0 Å². The van der Waals surface area contributed by atoms with E-state index in [9.17, 15) is 4.79 Å². The molecule has 2 aromatic rings. The van der Waals surface area contributed by atoms with Crippen molar-refractivity contribution in [2.75, 3.05) is 12.4 Å². The molecule has 1 unspecified atom stereocenters. The Morgan fingerprint density at radius 1 is 1.33 bits per heavy atom. The Labute approximate surface area is 145 Å². The quantitative estimate of drug-likeness (QED) is 0.918. The summed E-state index contributed by atoms with van der Waals surface area (Å²) in [6, 6.07) is 12.9. The second kappa shape index (κ2) is 6.93. The minimum absolute atomic E-state index is 0.256. The van der Waals surface area contributed by atoms with Crippen molar-refractivity contribution in [3.8, 4) is 5.75 Å². The number of ether oxygens (including phenoxy) is 1. The van der Waals surface area contributed by atoms with Crippen molar-refractivity contribution in [3.05, 3.63) is 58.6 Å². The van der Waals surface area contributed by atoms with Crippen LogP contribution in [0.15, 0.2) is 47.6 Å². The standard InChI is InChI=1S/C18H17ClN2O3/c1-11-7-8-12(19)9-14(11)20-18(22)17-10-15(21-24-17)13-5-3-4-6-16(13)23-2/h3-9,17H,10H2,1-2H3,(H,20,22). The van der Waals surface area contributed by atoms with Gasteiger partial charge in [0.1, 0.15) is 5.75 Å². The second-order valence-corrected chi connectivity index (χ2v) is 5.92. The summed E-state index contributed by atoms with van der Waals surface area (Å²) in [5.41, 5.74) is 3.11. The molecule has 5 nitrogen and oxygen atoms in total. The highest BCUT2D eigenvalue weighted by atomic mass is 35.5. The van der Waals surface area contributed by atoms with Gasteiger partial charge in [0.05, 0.1) is 12.8 Å². The lowest BCUT2D eigenvalue weighted by atomic mass is 10.0. The molecule has 2 aromatic carbocycles. The van der Waals surface area contributed by atoms with E-state index in [0.29, 0.717) is 28.6 Å². The summed E-state index contributed by atoms with van der Waals surface area (Å²) < 4.78 is 5.33. The van der Waals surface area contributed by atoms with Crippen LogP contribution in [0.4, 0.5) is 5.69 Å². The fourth-order valence-corrected chi connectivity index (χ4v) is 2.67. The van der Waals surface area contributed by atoms with Crippen molar-refractivity contribution in [3.63, 3.8) is 0 Å². The first-order valence-electron chi connectivity index (χ1n) is 7.51. The molecule has 124 valence electrons. The largest absolute Gasteiger partial charge is 0.496 e. The topological polar surface area (TPSA) is 59.9 Å². The van der Waals surface area contributed by atoms with Crippen LogP contribution in [0, 0.1) is 6.92 Å². The van der Waals surface area contributed by atoms with Crippen molar-refractivity contribution in [2.45, 2.75) is 19.4 Å². The third-order valence-electron chi connectivity index (χ3n) is 3.84. The van der Waals surface area contributed by atoms with E-state index >= 15 is 0 Å². The summed E-state index contributed by atoms with van der Waals surface area (Å²) in [7, 11) is 1.60. The van der Waals surface area contributed by atoms with Crippen LogP contribution in [0.1, 0.15) is 17.5 Å². The van der Waals surface area contributed by atoms with Gasteiger partial charge in [0, 0.05) is 22.7 Å². The van der Waals surface area contributed by atoms with E-state index in [-0.39, 0.29) is 5.91 Å². The molecule has 24 heavy (non-hydrogen) atoms. The highest BCUT2D eigenvalue weighted by Crippen LogP contribution is 2.26. The van der Waals surface area contributed by atoms with Crippen molar-refractivity contribution >= 4 is 28.9 Å². The summed E-state index contributed by atoms with van der Waals surface area (Å²) >= 11 is 5.98. The normalized spacial score (nSPS) is 16.3. The summed E-state index contributed by atoms with van der Waals surface area (Å²) in [6.07, 6.45) is -0.297. The average Bonchev–Trinajstić information content (AvgIpc) is 3.08. The number of para-hydroxylation sites is 1. The molecule has 6 heteroatoms. The van der Waals surface area contributed by atoms with E-state index in [0.717, 1.165) is 11.1 Å². The summed E-state index contributed by atoms with van der Waals surface area (Å²) in [5.74, 6) is 0.445. The molecule has 0 saturated heterocycles. The number of aryl methyl sites for hydroxylation is 1. The molecule has 1 amide bonds. The van der Waals surface area contributed by atoms with Crippen LogP contribution in [0.2, 0.25) is 5.02 Å². The molecule has 3 rings (SSSR count). The van der Waals surface area contributed by atoms with Crippen molar-refractivity contribution in [1.82, 2.24) is 0 Å². The number of amides is 1. The summed E-state index contributed by atoms with van der Waals surface area (Å²) in [5, 5.41) is 7.45. The Balaban J connectivity index is 1.70. The predicted molar refractivity (Wildman–Crippen MR) is 93.8 cm³/mol. The Kier molecular flexibility index (Phi) is 4.71. The number of halogens is 1. The maximum Gasteiger partial charge on any atom is 0.268 e. The maximum absolute atomic E-state index is 12.4. The van der Waals surface area contributed by atoms with Crippen molar-refractivity contribution in [2.24, 2.45) is 5.16 Å². The molecular weight excluding hydrogens is 328 g/mol. The Bertz CT molecular complexity index is 805. The Hall–Kier alpha value is -2.53. The van der Waals surface area contributed by atoms with E-state index in [4.69, 9.17) is 21.2 Å². The third kappa shape index (κ3) is 3.36. The fraction of sp³-hybridized carbons (Fsp3) is 0.222. The third-order valence-corrected chi connectivity index (χ3v) is 4.07. The van der Waals surface area contributed by atoms with E-state index in [2.05, 4.69) is 10.5 Å². The van der Waals surface area contributed by atoms with E-state index in [1.54, 1.807) is 19.2 Å². The smallest absolute Gasteiger partial charge is 0.268 e. The lowest BCUT2D eigenvalue weighted by Gasteiger charge is -2.12. The van der Waals surface area contributed by atoms with Crippen molar-refractivity contribution < 1.29 is 14.4 Å². The lowest BCUT2D eigenvalue weighted by Crippen LogP contribution is -2.28. The van der Waals surface area contributed by atoms with Crippen LogP contribution in [-0.4, -0.2) is 24.8 Å². The number of anilines is 1. The summed E-state index contributed by atoms with van der Waals surface area (Å²) in [4.78, 5) is 17.7. The molecule has 0 radical (unpaired) electrons. The molecule has 1 N–H and O–H groups in total. The lowest BCUT2D eigenvalue weighted by molar-refractivity contribution is -0.125. The SMILES string of the molecule is COc1ccccc1C1=NOC(C(=O)Nc2cc(Cl)ccc2C)C1. The number of hydrogen-bond acceptors (Lipinski definition) is 4. The Morgan fingerprint density at radius 3 is 2.92 bits per heavy atom. The highest BCUT2D eigenvalue weighted by molar-refractivity contribution is 6.31. The van der Waals surface area contributed by atoms with Gasteiger partial charge in [-0.15, -0.1) is 0 Å². The molecule has 0 spiro atoms. The van der Waals surface area contributed by atoms with Crippen LogP contribution in [-0.2, 0) is 9.63 Å². The van der Waals surface area contributed by atoms with Gasteiger partial charge in [0.15, 0.2) is 0 Å². The van der Waals surface area contributed by atoms with E-state index in [1.807, 2.05) is 37.3 Å². The van der Waals surface area contributed by atoms with Gasteiger partial charge < -0.3 is 14.9 Å². The van der Waals surface area contributed by atoms with Gasteiger partial charge in [-0.3, -0.25) is 4.79 Å². The van der Waals surface area contributed by atoms with Gasteiger partial charge in [-0.05, 0) is 36.8 Å². The van der Waals surface area contributed by atoms with Gasteiger partial charge in [-0.1, -0.05) is 35.0 Å². The van der Waals surface area contributed by atoms with E-state index < -0.39 is 6.10 Å². The van der Waals surface area contributed by atoms with Gasteiger partial charge in [0.25, 0.3) is 5.91 Å². The first-order valence-corrected chi connectivity index (χ1v) is 7.89. The Morgan fingerprint density at radius 2 is 2.12 bits per heavy atom. The number of methoxy groups -OCH3 is 1. The average molecular weight is 345 g/mol.